The minimum Gasteiger partial charge on any atom is -0.377 e. The van der Waals surface area contributed by atoms with E-state index in [9.17, 15) is 18.5 Å². The largest absolute Gasteiger partial charge is 0.377 e. The molecule has 2 aromatic rings. The van der Waals surface area contributed by atoms with Gasteiger partial charge in [-0.2, -0.15) is 9.57 Å². The van der Waals surface area contributed by atoms with Crippen molar-refractivity contribution in [1.82, 2.24) is 4.31 Å². The first-order valence-corrected chi connectivity index (χ1v) is 11.5. The molecule has 29 heavy (non-hydrogen) atoms. The summed E-state index contributed by atoms with van der Waals surface area (Å²) in [5.74, 6) is -0.389. The number of rotatable bonds is 6. The molecule has 2 heterocycles. The maximum atomic E-state index is 12.8. The summed E-state index contributed by atoms with van der Waals surface area (Å²) in [6.45, 7) is 4.70. The van der Waals surface area contributed by atoms with Gasteiger partial charge in [-0.1, -0.05) is 0 Å². The predicted octanol–water partition coefficient (Wildman–Crippen LogP) is 3.29. The van der Waals surface area contributed by atoms with E-state index in [0.717, 1.165) is 23.3 Å². The molecule has 0 radical (unpaired) electrons. The van der Waals surface area contributed by atoms with Gasteiger partial charge in [0.05, 0.1) is 16.6 Å². The van der Waals surface area contributed by atoms with Gasteiger partial charge in [-0.05, 0) is 56.5 Å². The van der Waals surface area contributed by atoms with Crippen LogP contribution in [0.4, 0.5) is 5.00 Å². The van der Waals surface area contributed by atoms with E-state index in [-0.39, 0.29) is 16.9 Å². The molecule has 1 atom stereocenters. The van der Waals surface area contributed by atoms with Crippen LogP contribution in [0.3, 0.4) is 0 Å². The van der Waals surface area contributed by atoms with E-state index in [0.29, 0.717) is 29.3 Å². The van der Waals surface area contributed by atoms with Gasteiger partial charge in [0.2, 0.25) is 10.0 Å². The second-order valence-corrected chi connectivity index (χ2v) is 10.3. The fourth-order valence-corrected chi connectivity index (χ4v) is 5.36. The number of anilines is 1. The maximum absolute atomic E-state index is 12.8. The highest BCUT2D eigenvalue weighted by Gasteiger charge is 2.26. The van der Waals surface area contributed by atoms with Gasteiger partial charge in [0.15, 0.2) is 0 Å². The molecule has 1 N–H and O–H groups in total. The van der Waals surface area contributed by atoms with E-state index in [1.165, 1.54) is 47.0 Å². The number of ether oxygens (including phenoxy) is 1. The second kappa shape index (κ2) is 8.63. The smallest absolute Gasteiger partial charge is 0.256 e. The number of nitrogens with zero attached hydrogens (tertiary/aromatic N) is 2. The zero-order chi connectivity index (χ0) is 21.2. The van der Waals surface area contributed by atoms with Crippen molar-refractivity contribution in [2.45, 2.75) is 37.7 Å². The average molecular weight is 434 g/mol. The number of thiophene rings is 1. The molecular weight excluding hydrogens is 410 g/mol. The number of benzene rings is 1. The summed E-state index contributed by atoms with van der Waals surface area (Å²) in [5.41, 5.74) is 1.62. The molecule has 0 bridgehead atoms. The minimum absolute atomic E-state index is 0.0770. The Morgan fingerprint density at radius 1 is 1.34 bits per heavy atom. The van der Waals surface area contributed by atoms with Crippen LogP contribution in [-0.2, 0) is 14.8 Å². The van der Waals surface area contributed by atoms with Gasteiger partial charge in [-0.15, -0.1) is 11.3 Å². The topological polar surface area (TPSA) is 99.5 Å². The molecule has 1 aliphatic heterocycles. The molecule has 7 nitrogen and oxygen atoms in total. The highest BCUT2D eigenvalue weighted by Crippen LogP contribution is 2.32. The van der Waals surface area contributed by atoms with Crippen molar-refractivity contribution in [1.29, 1.82) is 5.26 Å². The number of likely N-dealkylation sites (N-methyl/N-ethyl adjacent to an activating group) is 1. The predicted molar refractivity (Wildman–Crippen MR) is 112 cm³/mol. The Bertz CT molecular complexity index is 1050. The number of aryl methyl sites for hydroxylation is 1. The van der Waals surface area contributed by atoms with Crippen LogP contribution >= 0.6 is 11.3 Å². The number of amides is 1. The first kappa shape index (κ1) is 21.5. The monoisotopic (exact) mass is 433 g/mol. The highest BCUT2D eigenvalue weighted by atomic mass is 32.2. The van der Waals surface area contributed by atoms with Gasteiger partial charge in [0.25, 0.3) is 5.91 Å². The molecule has 1 aliphatic rings. The number of hydrogen-bond donors (Lipinski definition) is 1. The number of nitrogens with one attached hydrogen (secondary N) is 1. The zero-order valence-electron chi connectivity index (χ0n) is 16.6. The lowest BCUT2D eigenvalue weighted by Gasteiger charge is -2.20. The SMILES string of the molecule is Cc1sc(NC(=O)c2ccc(S(=O)(=O)N(C)CC3CCCO3)cc2)c(C#N)c1C. The summed E-state index contributed by atoms with van der Waals surface area (Å²) in [5, 5.41) is 12.6. The number of hydrogen-bond acceptors (Lipinski definition) is 6. The Labute approximate surface area is 175 Å². The van der Waals surface area contributed by atoms with E-state index in [1.807, 2.05) is 13.8 Å². The third-order valence-corrected chi connectivity index (χ3v) is 7.99. The number of sulfonamides is 1. The van der Waals surface area contributed by atoms with Crippen molar-refractivity contribution < 1.29 is 17.9 Å². The van der Waals surface area contributed by atoms with Crippen molar-refractivity contribution in [3.63, 3.8) is 0 Å². The van der Waals surface area contributed by atoms with Crippen molar-refractivity contribution in [2.75, 3.05) is 25.5 Å². The van der Waals surface area contributed by atoms with Crippen LogP contribution in [-0.4, -0.2) is 44.9 Å². The number of carbonyl (C=O) groups is 1. The molecule has 1 saturated heterocycles. The minimum atomic E-state index is -3.66. The molecule has 1 fully saturated rings. The highest BCUT2D eigenvalue weighted by molar-refractivity contribution is 7.89. The zero-order valence-corrected chi connectivity index (χ0v) is 18.2. The van der Waals surface area contributed by atoms with Crippen LogP contribution in [0.1, 0.15) is 39.2 Å². The molecule has 1 aromatic carbocycles. The number of nitriles is 1. The van der Waals surface area contributed by atoms with Crippen LogP contribution in [0.2, 0.25) is 0 Å². The Hall–Kier alpha value is -2.25. The lowest BCUT2D eigenvalue weighted by atomic mass is 10.2. The average Bonchev–Trinajstić information content (AvgIpc) is 3.30. The fraction of sp³-hybridized carbons (Fsp3) is 0.400. The van der Waals surface area contributed by atoms with Gasteiger partial charge >= 0.3 is 0 Å². The standard InChI is InChI=1S/C20H23N3O4S2/c1-13-14(2)28-20(18(13)11-21)22-19(24)15-6-8-17(9-7-15)29(25,26)23(3)12-16-5-4-10-27-16/h6-9,16H,4-5,10,12H2,1-3H3,(H,22,24). The van der Waals surface area contributed by atoms with Crippen LogP contribution in [0.15, 0.2) is 29.2 Å². The molecule has 1 aromatic heterocycles. The molecule has 0 aliphatic carbocycles. The van der Waals surface area contributed by atoms with Gasteiger partial charge < -0.3 is 10.1 Å². The van der Waals surface area contributed by atoms with Gasteiger partial charge in [-0.25, -0.2) is 8.42 Å². The quantitative estimate of drug-likeness (QED) is 0.754. The summed E-state index contributed by atoms with van der Waals surface area (Å²) in [7, 11) is -2.13. The summed E-state index contributed by atoms with van der Waals surface area (Å²) < 4.78 is 32.3. The molecule has 1 unspecified atom stereocenters. The molecule has 0 saturated carbocycles. The van der Waals surface area contributed by atoms with Crippen molar-refractivity contribution in [3.05, 3.63) is 45.8 Å². The first-order chi connectivity index (χ1) is 13.7. The summed E-state index contributed by atoms with van der Waals surface area (Å²) in [6.07, 6.45) is 1.72. The maximum Gasteiger partial charge on any atom is 0.256 e. The van der Waals surface area contributed by atoms with Crippen LogP contribution in [0, 0.1) is 25.2 Å². The first-order valence-electron chi connectivity index (χ1n) is 9.23. The Morgan fingerprint density at radius 3 is 2.62 bits per heavy atom. The van der Waals surface area contributed by atoms with E-state index >= 15 is 0 Å². The Morgan fingerprint density at radius 2 is 2.03 bits per heavy atom. The van der Waals surface area contributed by atoms with E-state index in [1.54, 1.807) is 0 Å². The lowest BCUT2D eigenvalue weighted by Crippen LogP contribution is -2.34. The Balaban J connectivity index is 1.73. The number of carbonyl (C=O) groups excluding carboxylic acids is 1. The molecular formula is C20H23N3O4S2. The Kier molecular flexibility index (Phi) is 6.39. The third kappa shape index (κ3) is 4.51. The van der Waals surface area contributed by atoms with Crippen molar-refractivity contribution in [2.24, 2.45) is 0 Å². The summed E-state index contributed by atoms with van der Waals surface area (Å²) >= 11 is 1.35. The van der Waals surface area contributed by atoms with Gasteiger partial charge in [-0.3, -0.25) is 4.79 Å². The summed E-state index contributed by atoms with van der Waals surface area (Å²) in [4.78, 5) is 13.6. The molecule has 154 valence electrons. The van der Waals surface area contributed by atoms with Crippen LogP contribution in [0.5, 0.6) is 0 Å². The second-order valence-electron chi connectivity index (χ2n) is 7.00. The fourth-order valence-electron chi connectivity index (χ4n) is 3.16. The van der Waals surface area contributed by atoms with Gasteiger partial charge in [0.1, 0.15) is 11.1 Å². The normalized spacial score (nSPS) is 16.7. The van der Waals surface area contributed by atoms with Crippen molar-refractivity contribution >= 4 is 32.3 Å². The van der Waals surface area contributed by atoms with Crippen molar-refractivity contribution in [3.8, 4) is 6.07 Å². The molecule has 3 rings (SSSR count). The van der Waals surface area contributed by atoms with Gasteiger partial charge in [0, 0.05) is 30.6 Å². The third-order valence-electron chi connectivity index (χ3n) is 5.03. The van der Waals surface area contributed by atoms with E-state index in [4.69, 9.17) is 4.74 Å². The molecule has 0 spiro atoms. The van der Waals surface area contributed by atoms with Crippen LogP contribution < -0.4 is 5.32 Å². The lowest BCUT2D eigenvalue weighted by molar-refractivity contribution is 0.0979. The summed E-state index contributed by atoms with van der Waals surface area (Å²) in [6, 6.07) is 7.91. The van der Waals surface area contributed by atoms with Crippen LogP contribution in [0.25, 0.3) is 0 Å². The van der Waals surface area contributed by atoms with E-state index in [2.05, 4.69) is 11.4 Å². The molecule has 1 amide bonds. The molecule has 9 heteroatoms. The van der Waals surface area contributed by atoms with E-state index < -0.39 is 10.0 Å².